The number of aliphatic imine (C=N–C) groups is 1. The number of halogens is 1. The number of urea groups is 1. The maximum absolute atomic E-state index is 15.3. The first-order chi connectivity index (χ1) is 21.7. The first kappa shape index (κ1) is 30.2. The number of fused-ring (bicyclic) bond motifs is 5. The molecular formula is C35H36FN5O4. The topological polar surface area (TPSA) is 111 Å². The summed E-state index contributed by atoms with van der Waals surface area (Å²) in [5, 5.41) is 5.30. The number of Topliss-reactive ketones (excluding diaryl/α,β-unsaturated/α-hetero) is 1. The quantitative estimate of drug-likeness (QED) is 0.369. The van der Waals surface area contributed by atoms with Crippen molar-refractivity contribution in [1.29, 1.82) is 0 Å². The van der Waals surface area contributed by atoms with Crippen molar-refractivity contribution in [3.05, 3.63) is 94.8 Å². The Bertz CT molecular complexity index is 1680. The Hall–Kier alpha value is -4.86. The average Bonchev–Trinajstić information content (AvgIpc) is 3.41. The molecule has 9 nitrogen and oxygen atoms in total. The van der Waals surface area contributed by atoms with E-state index in [-0.39, 0.29) is 29.5 Å². The summed E-state index contributed by atoms with van der Waals surface area (Å²) < 4.78 is 15.3. The number of benzene rings is 3. The third-order valence-corrected chi connectivity index (χ3v) is 9.01. The molecule has 3 fully saturated rings. The highest BCUT2D eigenvalue weighted by Gasteiger charge is 2.38. The fraction of sp³-hybridized carbons (Fsp3) is 0.343. The van der Waals surface area contributed by atoms with Gasteiger partial charge in [0.05, 0.1) is 11.4 Å². The molecule has 3 aromatic carbocycles. The number of anilines is 2. The summed E-state index contributed by atoms with van der Waals surface area (Å²) in [5.74, 6) is -0.576. The average molecular weight is 610 g/mol. The molecule has 1 aliphatic carbocycles. The van der Waals surface area contributed by atoms with Gasteiger partial charge in [-0.2, -0.15) is 0 Å². The normalized spacial score (nSPS) is 20.9. The molecule has 2 bridgehead atoms. The second-order valence-corrected chi connectivity index (χ2v) is 12.2. The number of amides is 4. The first-order valence-corrected chi connectivity index (χ1v) is 15.4. The van der Waals surface area contributed by atoms with Crippen molar-refractivity contribution in [2.75, 3.05) is 29.9 Å². The number of nitrogens with zero attached hydrogens (tertiary/aromatic N) is 3. The van der Waals surface area contributed by atoms with E-state index in [1.165, 1.54) is 24.0 Å². The molecule has 2 N–H and O–H groups in total. The minimum atomic E-state index is -1.48. The number of ketones is 1. The number of carbonyl (C=O) groups excluding carboxylic acids is 4. The molecule has 3 aromatic rings. The van der Waals surface area contributed by atoms with E-state index in [2.05, 4.69) is 15.6 Å². The maximum Gasteiger partial charge on any atom is 0.321 e. The highest BCUT2D eigenvalue weighted by molar-refractivity contribution is 6.21. The lowest BCUT2D eigenvalue weighted by molar-refractivity contribution is -0.132. The van der Waals surface area contributed by atoms with Crippen molar-refractivity contribution in [2.45, 2.75) is 45.7 Å². The zero-order chi connectivity index (χ0) is 31.7. The van der Waals surface area contributed by atoms with Crippen LogP contribution in [0.4, 0.5) is 20.6 Å². The van der Waals surface area contributed by atoms with E-state index in [0.29, 0.717) is 53.0 Å². The van der Waals surface area contributed by atoms with E-state index < -0.39 is 23.9 Å². The molecule has 232 valence electrons. The lowest BCUT2D eigenvalue weighted by Gasteiger charge is -2.30. The molecule has 0 aromatic heterocycles. The zero-order valence-electron chi connectivity index (χ0n) is 25.4. The third-order valence-electron chi connectivity index (χ3n) is 9.01. The second-order valence-electron chi connectivity index (χ2n) is 12.2. The predicted molar refractivity (Wildman–Crippen MR) is 170 cm³/mol. The van der Waals surface area contributed by atoms with Gasteiger partial charge in [-0.15, -0.1) is 0 Å². The number of rotatable bonds is 6. The molecule has 4 aliphatic rings. The van der Waals surface area contributed by atoms with E-state index in [0.717, 1.165) is 25.7 Å². The summed E-state index contributed by atoms with van der Waals surface area (Å²) in [5.41, 5.74) is 2.75. The van der Waals surface area contributed by atoms with E-state index in [4.69, 9.17) is 0 Å². The molecule has 3 heterocycles. The van der Waals surface area contributed by atoms with E-state index in [1.54, 1.807) is 48.5 Å². The summed E-state index contributed by atoms with van der Waals surface area (Å²) in [6.45, 7) is 4.35. The molecule has 1 saturated carbocycles. The van der Waals surface area contributed by atoms with Crippen LogP contribution in [0, 0.1) is 24.6 Å². The molecule has 3 aliphatic heterocycles. The van der Waals surface area contributed by atoms with Crippen molar-refractivity contribution >= 4 is 40.7 Å². The Labute approximate surface area is 261 Å². The Morgan fingerprint density at radius 3 is 2.27 bits per heavy atom. The monoisotopic (exact) mass is 609 g/mol. The molecule has 1 atom stereocenters. The number of hydrogen-bond acceptors (Lipinski definition) is 5. The first-order valence-electron chi connectivity index (χ1n) is 15.4. The number of carbonyl (C=O) groups is 4. The van der Waals surface area contributed by atoms with Crippen LogP contribution in [0.25, 0.3) is 0 Å². The van der Waals surface area contributed by atoms with Gasteiger partial charge in [0.15, 0.2) is 5.78 Å². The minimum absolute atomic E-state index is 0.163. The maximum atomic E-state index is 15.3. The van der Waals surface area contributed by atoms with Gasteiger partial charge in [-0.1, -0.05) is 42.5 Å². The minimum Gasteiger partial charge on any atom is -0.341 e. The molecule has 0 radical (unpaired) electrons. The standard InChI is InChI=1S/C35H36FN5O4/c1-21-7-5-11-28-31(27-10-3-4-12-29(27)36)38-33(39-35(45)37-26-9-6-8-25(17-26)22(2)42)34(44)41(32(21)28)20-30(43)40-18-23-13-14-24(19-40)16-15-23/h3-12,17,23-24,33H,13-16,18-20H2,1-2H3,(H2,37,39,45)/t23?,24?,33-/m0/s1. The summed E-state index contributed by atoms with van der Waals surface area (Å²) in [7, 11) is 0. The lowest BCUT2D eigenvalue weighted by atomic mass is 9.84. The highest BCUT2D eigenvalue weighted by atomic mass is 19.1. The van der Waals surface area contributed by atoms with Gasteiger partial charge in [0.2, 0.25) is 12.1 Å². The van der Waals surface area contributed by atoms with Crippen LogP contribution >= 0.6 is 0 Å². The lowest BCUT2D eigenvalue weighted by Crippen LogP contribution is -2.52. The number of benzodiazepines with no additional fused rings is 1. The second kappa shape index (κ2) is 12.6. The van der Waals surface area contributed by atoms with Gasteiger partial charge in [0.25, 0.3) is 5.91 Å². The SMILES string of the molecule is CC(=O)c1cccc(NC(=O)N[C@@H]2N=C(c3ccccc3F)c3cccc(C)c3N(CC(=O)N3CC4CCC(CC4)C3)C2=O)c1. The van der Waals surface area contributed by atoms with Crippen LogP contribution in [-0.4, -0.2) is 60.0 Å². The van der Waals surface area contributed by atoms with Gasteiger partial charge in [-0.25, -0.2) is 14.2 Å². The summed E-state index contributed by atoms with van der Waals surface area (Å²) >= 11 is 0. The number of nitrogens with one attached hydrogen (secondary N) is 2. The largest absolute Gasteiger partial charge is 0.341 e. The van der Waals surface area contributed by atoms with Crippen molar-refractivity contribution in [3.8, 4) is 0 Å². The fourth-order valence-electron chi connectivity index (χ4n) is 6.68. The van der Waals surface area contributed by atoms with Crippen molar-refractivity contribution < 1.29 is 23.6 Å². The fourth-order valence-corrected chi connectivity index (χ4v) is 6.68. The summed E-state index contributed by atoms with van der Waals surface area (Å²) in [4.78, 5) is 61.3. The van der Waals surface area contributed by atoms with E-state index >= 15 is 4.39 Å². The molecule has 45 heavy (non-hydrogen) atoms. The van der Waals surface area contributed by atoms with Crippen LogP contribution in [-0.2, 0) is 9.59 Å². The van der Waals surface area contributed by atoms with Crippen LogP contribution in [0.15, 0.2) is 71.7 Å². The molecule has 10 heteroatoms. The number of para-hydroxylation sites is 1. The van der Waals surface area contributed by atoms with Crippen LogP contribution in [0.5, 0.6) is 0 Å². The van der Waals surface area contributed by atoms with E-state index in [1.807, 2.05) is 17.9 Å². The number of hydrogen-bond donors (Lipinski definition) is 2. The van der Waals surface area contributed by atoms with Gasteiger partial charge in [-0.05, 0) is 81.2 Å². The summed E-state index contributed by atoms with van der Waals surface area (Å²) in [6, 6.07) is 17.2. The van der Waals surface area contributed by atoms with Crippen molar-refractivity contribution in [2.24, 2.45) is 16.8 Å². The van der Waals surface area contributed by atoms with Crippen LogP contribution in [0.3, 0.4) is 0 Å². The Morgan fingerprint density at radius 1 is 0.911 bits per heavy atom. The smallest absolute Gasteiger partial charge is 0.321 e. The molecule has 7 rings (SSSR count). The van der Waals surface area contributed by atoms with Gasteiger partial charge in [0.1, 0.15) is 12.4 Å². The molecular weight excluding hydrogens is 573 g/mol. The van der Waals surface area contributed by atoms with E-state index in [9.17, 15) is 19.2 Å². The van der Waals surface area contributed by atoms with Gasteiger partial charge < -0.3 is 15.5 Å². The molecule has 2 saturated heterocycles. The van der Waals surface area contributed by atoms with Gasteiger partial charge >= 0.3 is 6.03 Å². The zero-order valence-corrected chi connectivity index (χ0v) is 25.4. The molecule has 4 amide bonds. The predicted octanol–water partition coefficient (Wildman–Crippen LogP) is 5.32. The van der Waals surface area contributed by atoms with Crippen LogP contribution in [0.2, 0.25) is 0 Å². The Morgan fingerprint density at radius 2 is 1.58 bits per heavy atom. The molecule has 0 unspecified atom stereocenters. The Kier molecular flexibility index (Phi) is 8.47. The molecule has 0 spiro atoms. The third kappa shape index (κ3) is 6.36. The highest BCUT2D eigenvalue weighted by Crippen LogP contribution is 2.35. The van der Waals surface area contributed by atoms with Crippen LogP contribution < -0.4 is 15.5 Å². The van der Waals surface area contributed by atoms with Crippen molar-refractivity contribution in [1.82, 2.24) is 10.2 Å². The number of aryl methyl sites for hydroxylation is 1. The van der Waals surface area contributed by atoms with Gasteiger partial charge in [0, 0.05) is 35.5 Å². The Balaban J connectivity index is 1.37. The van der Waals surface area contributed by atoms with Gasteiger partial charge in [-0.3, -0.25) is 19.3 Å². The summed E-state index contributed by atoms with van der Waals surface area (Å²) in [6.07, 6.45) is 2.95. The van der Waals surface area contributed by atoms with Crippen molar-refractivity contribution in [3.63, 3.8) is 0 Å². The van der Waals surface area contributed by atoms with Crippen LogP contribution in [0.1, 0.15) is 59.7 Å².